The molecule has 0 aliphatic carbocycles. The van der Waals surface area contributed by atoms with Gasteiger partial charge in [-0.25, -0.2) is 0 Å². The predicted octanol–water partition coefficient (Wildman–Crippen LogP) is 2.78. The minimum absolute atomic E-state index is 0.517. The first-order valence-corrected chi connectivity index (χ1v) is 5.54. The molecule has 0 unspecified atom stereocenters. The summed E-state index contributed by atoms with van der Waals surface area (Å²) in [5, 5.41) is 0.758. The van der Waals surface area contributed by atoms with E-state index in [4.69, 9.17) is 17.3 Å². The molecule has 0 amide bonds. The van der Waals surface area contributed by atoms with Crippen molar-refractivity contribution >= 4 is 11.6 Å². The summed E-state index contributed by atoms with van der Waals surface area (Å²) in [4.78, 5) is 4.27. The Bertz CT molecular complexity index is 469. The van der Waals surface area contributed by atoms with Gasteiger partial charge in [-0.1, -0.05) is 29.8 Å². The Hall–Kier alpha value is -1.38. The van der Waals surface area contributed by atoms with Crippen LogP contribution in [0.5, 0.6) is 0 Å². The summed E-state index contributed by atoms with van der Waals surface area (Å²) in [7, 11) is 0. The molecule has 0 aliphatic heterocycles. The Morgan fingerprint density at radius 2 is 2.06 bits per heavy atom. The zero-order valence-electron chi connectivity index (χ0n) is 8.86. The number of pyridine rings is 1. The molecule has 2 aromatic rings. The first-order chi connectivity index (χ1) is 7.79. The molecule has 3 heteroatoms. The van der Waals surface area contributed by atoms with E-state index in [1.807, 2.05) is 36.4 Å². The molecule has 1 aromatic carbocycles. The first kappa shape index (κ1) is 11.1. The van der Waals surface area contributed by atoms with Crippen LogP contribution in [0.1, 0.15) is 16.8 Å². The smallest absolute Gasteiger partial charge is 0.0447 e. The number of hydrogen-bond donors (Lipinski definition) is 1. The third-order valence-electron chi connectivity index (χ3n) is 2.45. The molecule has 2 rings (SSSR count). The SMILES string of the molecule is NCc1ccc(Cc2ccccn2)c(Cl)c1. The van der Waals surface area contributed by atoms with Gasteiger partial charge in [0.1, 0.15) is 0 Å². The van der Waals surface area contributed by atoms with Gasteiger partial charge < -0.3 is 5.73 Å². The van der Waals surface area contributed by atoms with Crippen molar-refractivity contribution in [2.24, 2.45) is 5.73 Å². The number of rotatable bonds is 3. The molecule has 0 fully saturated rings. The fourth-order valence-corrected chi connectivity index (χ4v) is 1.83. The van der Waals surface area contributed by atoms with Crippen LogP contribution in [0, 0.1) is 0 Å². The van der Waals surface area contributed by atoms with Crippen molar-refractivity contribution < 1.29 is 0 Å². The molecular weight excluding hydrogens is 220 g/mol. The van der Waals surface area contributed by atoms with E-state index >= 15 is 0 Å². The average molecular weight is 233 g/mol. The van der Waals surface area contributed by atoms with Crippen LogP contribution < -0.4 is 5.73 Å². The van der Waals surface area contributed by atoms with Gasteiger partial charge in [-0.3, -0.25) is 4.98 Å². The van der Waals surface area contributed by atoms with E-state index in [-0.39, 0.29) is 0 Å². The summed E-state index contributed by atoms with van der Waals surface area (Å²) < 4.78 is 0. The van der Waals surface area contributed by atoms with E-state index in [1.165, 1.54) is 0 Å². The Kier molecular flexibility index (Phi) is 3.54. The van der Waals surface area contributed by atoms with Crippen LogP contribution in [-0.2, 0) is 13.0 Å². The molecule has 0 radical (unpaired) electrons. The van der Waals surface area contributed by atoms with E-state index in [0.29, 0.717) is 6.54 Å². The van der Waals surface area contributed by atoms with E-state index in [1.54, 1.807) is 6.20 Å². The molecule has 0 bridgehead atoms. The fraction of sp³-hybridized carbons (Fsp3) is 0.154. The van der Waals surface area contributed by atoms with Crippen molar-refractivity contribution in [2.75, 3.05) is 0 Å². The molecule has 0 saturated carbocycles. The van der Waals surface area contributed by atoms with Gasteiger partial charge in [-0.05, 0) is 29.3 Å². The van der Waals surface area contributed by atoms with Gasteiger partial charge in [0, 0.05) is 29.9 Å². The number of halogens is 1. The highest BCUT2D eigenvalue weighted by Crippen LogP contribution is 2.20. The van der Waals surface area contributed by atoms with Crippen molar-refractivity contribution in [2.45, 2.75) is 13.0 Å². The second-order valence-corrected chi connectivity index (χ2v) is 4.03. The largest absolute Gasteiger partial charge is 0.326 e. The minimum atomic E-state index is 0.517. The highest BCUT2D eigenvalue weighted by Gasteiger charge is 2.03. The Balaban J connectivity index is 2.22. The molecule has 0 saturated heterocycles. The van der Waals surface area contributed by atoms with Gasteiger partial charge in [0.25, 0.3) is 0 Å². The highest BCUT2D eigenvalue weighted by atomic mass is 35.5. The first-order valence-electron chi connectivity index (χ1n) is 5.17. The van der Waals surface area contributed by atoms with E-state index in [2.05, 4.69) is 4.98 Å². The number of hydrogen-bond acceptors (Lipinski definition) is 2. The van der Waals surface area contributed by atoms with Crippen molar-refractivity contribution in [3.8, 4) is 0 Å². The maximum atomic E-state index is 6.17. The molecule has 2 N–H and O–H groups in total. The molecule has 1 heterocycles. The summed E-state index contributed by atoms with van der Waals surface area (Å²) in [6.07, 6.45) is 2.54. The van der Waals surface area contributed by atoms with Gasteiger partial charge in [0.2, 0.25) is 0 Å². The predicted molar refractivity (Wildman–Crippen MR) is 66.4 cm³/mol. The van der Waals surface area contributed by atoms with Gasteiger partial charge >= 0.3 is 0 Å². The Labute approximate surface area is 100 Å². The second kappa shape index (κ2) is 5.10. The zero-order chi connectivity index (χ0) is 11.4. The van der Waals surface area contributed by atoms with Crippen LogP contribution in [-0.4, -0.2) is 4.98 Å². The maximum Gasteiger partial charge on any atom is 0.0447 e. The van der Waals surface area contributed by atoms with E-state index in [0.717, 1.165) is 28.3 Å². The number of nitrogens with two attached hydrogens (primary N) is 1. The summed E-state index contributed by atoms with van der Waals surface area (Å²) >= 11 is 6.17. The molecular formula is C13H13ClN2. The standard InChI is InChI=1S/C13H13ClN2/c14-13-7-10(9-15)4-5-11(13)8-12-3-1-2-6-16-12/h1-7H,8-9,15H2. The Morgan fingerprint density at radius 1 is 1.19 bits per heavy atom. The molecule has 2 nitrogen and oxygen atoms in total. The lowest BCUT2D eigenvalue weighted by atomic mass is 10.1. The lowest BCUT2D eigenvalue weighted by molar-refractivity contribution is 1.05. The molecule has 0 spiro atoms. The van der Waals surface area contributed by atoms with Crippen molar-refractivity contribution in [3.63, 3.8) is 0 Å². The van der Waals surface area contributed by atoms with E-state index in [9.17, 15) is 0 Å². The van der Waals surface area contributed by atoms with E-state index < -0.39 is 0 Å². The summed E-state index contributed by atoms with van der Waals surface area (Å²) in [5.74, 6) is 0. The molecule has 82 valence electrons. The number of benzene rings is 1. The van der Waals surface area contributed by atoms with Gasteiger partial charge in [0.05, 0.1) is 0 Å². The third-order valence-corrected chi connectivity index (χ3v) is 2.80. The lowest BCUT2D eigenvalue weighted by Crippen LogP contribution is -1.98. The van der Waals surface area contributed by atoms with Crippen LogP contribution in [0.4, 0.5) is 0 Å². The van der Waals surface area contributed by atoms with Gasteiger partial charge in [0.15, 0.2) is 0 Å². The Morgan fingerprint density at radius 3 is 2.69 bits per heavy atom. The molecule has 0 atom stereocenters. The normalized spacial score (nSPS) is 10.4. The third kappa shape index (κ3) is 2.60. The van der Waals surface area contributed by atoms with Crippen LogP contribution in [0.15, 0.2) is 42.6 Å². The zero-order valence-corrected chi connectivity index (χ0v) is 9.61. The van der Waals surface area contributed by atoms with Crippen molar-refractivity contribution in [1.29, 1.82) is 0 Å². The monoisotopic (exact) mass is 232 g/mol. The van der Waals surface area contributed by atoms with Gasteiger partial charge in [-0.2, -0.15) is 0 Å². The van der Waals surface area contributed by atoms with Crippen LogP contribution >= 0.6 is 11.6 Å². The summed E-state index contributed by atoms with van der Waals surface area (Å²) in [6, 6.07) is 11.8. The van der Waals surface area contributed by atoms with Crippen LogP contribution in [0.25, 0.3) is 0 Å². The summed E-state index contributed by atoms with van der Waals surface area (Å²) in [6.45, 7) is 0.517. The quantitative estimate of drug-likeness (QED) is 0.884. The second-order valence-electron chi connectivity index (χ2n) is 3.63. The molecule has 16 heavy (non-hydrogen) atoms. The average Bonchev–Trinajstić information content (AvgIpc) is 2.33. The van der Waals surface area contributed by atoms with Crippen molar-refractivity contribution in [1.82, 2.24) is 4.98 Å². The summed E-state index contributed by atoms with van der Waals surface area (Å²) in [5.41, 5.74) is 8.70. The van der Waals surface area contributed by atoms with Gasteiger partial charge in [-0.15, -0.1) is 0 Å². The minimum Gasteiger partial charge on any atom is -0.326 e. The topological polar surface area (TPSA) is 38.9 Å². The maximum absolute atomic E-state index is 6.17. The molecule has 0 aliphatic rings. The highest BCUT2D eigenvalue weighted by molar-refractivity contribution is 6.31. The number of aromatic nitrogens is 1. The van der Waals surface area contributed by atoms with Crippen LogP contribution in [0.3, 0.4) is 0 Å². The number of nitrogens with zero attached hydrogens (tertiary/aromatic N) is 1. The molecule has 1 aromatic heterocycles. The fourth-order valence-electron chi connectivity index (χ4n) is 1.56. The van der Waals surface area contributed by atoms with Crippen LogP contribution in [0.2, 0.25) is 5.02 Å². The lowest BCUT2D eigenvalue weighted by Gasteiger charge is -2.05. The van der Waals surface area contributed by atoms with Crippen molar-refractivity contribution in [3.05, 3.63) is 64.4 Å².